The largest absolute Gasteiger partial charge is 0.497 e. The molecular weight excluding hydrogens is 307 g/mol. The quantitative estimate of drug-likeness (QED) is 0.912. The number of rotatable bonds is 5. The predicted octanol–water partition coefficient (Wildman–Crippen LogP) is 3.61. The summed E-state index contributed by atoms with van der Waals surface area (Å²) in [6.07, 6.45) is 2.09. The Kier molecular flexibility index (Phi) is 5.11. The van der Waals surface area contributed by atoms with Crippen LogP contribution in [0.4, 0.5) is 10.1 Å². The van der Waals surface area contributed by atoms with Gasteiger partial charge in [-0.2, -0.15) is 0 Å². The maximum Gasteiger partial charge on any atom is 0.238 e. The van der Waals surface area contributed by atoms with Crippen molar-refractivity contribution in [3.63, 3.8) is 0 Å². The molecule has 0 aliphatic carbocycles. The van der Waals surface area contributed by atoms with E-state index < -0.39 is 0 Å². The molecule has 1 saturated heterocycles. The fourth-order valence-corrected chi connectivity index (χ4v) is 3.17. The van der Waals surface area contributed by atoms with Crippen molar-refractivity contribution in [2.45, 2.75) is 18.9 Å². The van der Waals surface area contributed by atoms with Crippen LogP contribution in [-0.2, 0) is 4.79 Å². The molecule has 1 aliphatic heterocycles. The first kappa shape index (κ1) is 16.5. The number of amides is 1. The van der Waals surface area contributed by atoms with Crippen molar-refractivity contribution >= 4 is 11.6 Å². The van der Waals surface area contributed by atoms with Gasteiger partial charge in [0.15, 0.2) is 0 Å². The number of nitrogens with one attached hydrogen (secondary N) is 1. The number of benzene rings is 2. The van der Waals surface area contributed by atoms with E-state index in [2.05, 4.69) is 10.2 Å². The number of nitrogens with zero attached hydrogens (tertiary/aromatic N) is 1. The van der Waals surface area contributed by atoms with Gasteiger partial charge in [0.1, 0.15) is 11.6 Å². The third-order valence-corrected chi connectivity index (χ3v) is 4.32. The van der Waals surface area contributed by atoms with E-state index in [1.807, 2.05) is 24.3 Å². The molecule has 0 aromatic heterocycles. The van der Waals surface area contributed by atoms with E-state index in [1.165, 1.54) is 17.7 Å². The van der Waals surface area contributed by atoms with Crippen molar-refractivity contribution in [2.75, 3.05) is 25.5 Å². The van der Waals surface area contributed by atoms with Crippen LogP contribution in [0.5, 0.6) is 5.75 Å². The van der Waals surface area contributed by atoms with Crippen LogP contribution in [-0.4, -0.2) is 31.0 Å². The van der Waals surface area contributed by atoms with Gasteiger partial charge in [0.2, 0.25) is 5.91 Å². The minimum Gasteiger partial charge on any atom is -0.497 e. The van der Waals surface area contributed by atoms with Crippen molar-refractivity contribution in [1.29, 1.82) is 0 Å². The van der Waals surface area contributed by atoms with E-state index in [-0.39, 0.29) is 17.8 Å². The Balaban J connectivity index is 1.63. The van der Waals surface area contributed by atoms with Gasteiger partial charge in [0.25, 0.3) is 0 Å². The van der Waals surface area contributed by atoms with Gasteiger partial charge in [-0.1, -0.05) is 18.2 Å². The molecule has 2 aromatic rings. The van der Waals surface area contributed by atoms with Crippen molar-refractivity contribution in [3.05, 3.63) is 59.9 Å². The van der Waals surface area contributed by atoms with Crippen LogP contribution in [0.2, 0.25) is 0 Å². The lowest BCUT2D eigenvalue weighted by Crippen LogP contribution is -2.32. The number of hydrogen-bond acceptors (Lipinski definition) is 3. The third-order valence-electron chi connectivity index (χ3n) is 4.32. The lowest BCUT2D eigenvalue weighted by Gasteiger charge is -2.24. The number of carbonyl (C=O) groups is 1. The molecule has 2 aromatic carbocycles. The zero-order valence-corrected chi connectivity index (χ0v) is 13.7. The van der Waals surface area contributed by atoms with Crippen LogP contribution in [0.25, 0.3) is 0 Å². The molecule has 0 spiro atoms. The van der Waals surface area contributed by atoms with Gasteiger partial charge in [0, 0.05) is 11.7 Å². The molecule has 1 heterocycles. The first-order chi connectivity index (χ1) is 11.7. The number of halogens is 1. The van der Waals surface area contributed by atoms with Gasteiger partial charge in [-0.3, -0.25) is 9.69 Å². The summed E-state index contributed by atoms with van der Waals surface area (Å²) in [6.45, 7) is 1.18. The summed E-state index contributed by atoms with van der Waals surface area (Å²) in [7, 11) is 1.65. The molecule has 5 heteroatoms. The molecule has 3 rings (SSSR count). The van der Waals surface area contributed by atoms with Gasteiger partial charge in [-0.05, 0) is 55.3 Å². The minimum atomic E-state index is -0.356. The molecule has 126 valence electrons. The smallest absolute Gasteiger partial charge is 0.238 e. The second-order valence-corrected chi connectivity index (χ2v) is 5.96. The van der Waals surface area contributed by atoms with Crippen molar-refractivity contribution in [2.24, 2.45) is 0 Å². The fraction of sp³-hybridized carbons (Fsp3) is 0.316. The number of carbonyl (C=O) groups excluding carboxylic acids is 1. The standard InChI is InChI=1S/C19H21FN2O2/c1-24-17-9-7-14(8-10-17)18-6-3-11-22(18)13-19(23)21-16-5-2-4-15(20)12-16/h2,4-5,7-10,12,18H,3,6,11,13H2,1H3,(H,21,23)/t18-/m1/s1. The number of likely N-dealkylation sites (tertiary alicyclic amines) is 1. The summed E-state index contributed by atoms with van der Waals surface area (Å²) in [5.41, 5.74) is 1.67. The Hall–Kier alpha value is -2.40. The highest BCUT2D eigenvalue weighted by atomic mass is 19.1. The third kappa shape index (κ3) is 3.92. The van der Waals surface area contributed by atoms with E-state index >= 15 is 0 Å². The highest BCUT2D eigenvalue weighted by Crippen LogP contribution is 2.32. The molecule has 0 unspecified atom stereocenters. The Morgan fingerprint density at radius 3 is 2.79 bits per heavy atom. The summed E-state index contributed by atoms with van der Waals surface area (Å²) in [5.74, 6) is 0.346. The zero-order valence-electron chi connectivity index (χ0n) is 13.7. The topological polar surface area (TPSA) is 41.6 Å². The molecule has 1 N–H and O–H groups in total. The number of hydrogen-bond donors (Lipinski definition) is 1. The fourth-order valence-electron chi connectivity index (χ4n) is 3.17. The van der Waals surface area contributed by atoms with Gasteiger partial charge in [0.05, 0.1) is 13.7 Å². The molecule has 1 atom stereocenters. The summed E-state index contributed by atoms with van der Waals surface area (Å²) >= 11 is 0. The molecular formula is C19H21FN2O2. The second kappa shape index (κ2) is 7.45. The molecule has 0 radical (unpaired) electrons. The highest BCUT2D eigenvalue weighted by molar-refractivity contribution is 5.92. The zero-order chi connectivity index (χ0) is 16.9. The minimum absolute atomic E-state index is 0.124. The van der Waals surface area contributed by atoms with Gasteiger partial charge in [-0.15, -0.1) is 0 Å². The summed E-state index contributed by atoms with van der Waals surface area (Å²) in [5, 5.41) is 2.76. The van der Waals surface area contributed by atoms with E-state index in [9.17, 15) is 9.18 Å². The van der Waals surface area contributed by atoms with E-state index in [0.29, 0.717) is 12.2 Å². The molecule has 0 bridgehead atoms. The maximum absolute atomic E-state index is 13.2. The first-order valence-electron chi connectivity index (χ1n) is 8.09. The Labute approximate surface area is 141 Å². The Morgan fingerprint density at radius 2 is 2.08 bits per heavy atom. The van der Waals surface area contributed by atoms with Crippen LogP contribution in [0.1, 0.15) is 24.4 Å². The van der Waals surface area contributed by atoms with E-state index in [0.717, 1.165) is 25.1 Å². The number of methoxy groups -OCH3 is 1. The molecule has 4 nitrogen and oxygen atoms in total. The Bertz CT molecular complexity index is 703. The summed E-state index contributed by atoms with van der Waals surface area (Å²) in [6, 6.07) is 14.2. The van der Waals surface area contributed by atoms with Crippen molar-refractivity contribution < 1.29 is 13.9 Å². The monoisotopic (exact) mass is 328 g/mol. The van der Waals surface area contributed by atoms with Gasteiger partial charge in [-0.25, -0.2) is 4.39 Å². The van der Waals surface area contributed by atoms with Crippen LogP contribution in [0.15, 0.2) is 48.5 Å². The van der Waals surface area contributed by atoms with Crippen LogP contribution in [0.3, 0.4) is 0 Å². The van der Waals surface area contributed by atoms with E-state index in [1.54, 1.807) is 19.2 Å². The van der Waals surface area contributed by atoms with Gasteiger partial charge < -0.3 is 10.1 Å². The van der Waals surface area contributed by atoms with Crippen LogP contribution in [0, 0.1) is 5.82 Å². The SMILES string of the molecule is COc1ccc([C@H]2CCCN2CC(=O)Nc2cccc(F)c2)cc1. The average Bonchev–Trinajstić information content (AvgIpc) is 3.03. The maximum atomic E-state index is 13.2. The van der Waals surface area contributed by atoms with Crippen molar-refractivity contribution in [1.82, 2.24) is 4.90 Å². The molecule has 24 heavy (non-hydrogen) atoms. The first-order valence-corrected chi connectivity index (χ1v) is 8.09. The van der Waals surface area contributed by atoms with Crippen molar-refractivity contribution in [3.8, 4) is 5.75 Å². The van der Waals surface area contributed by atoms with E-state index in [4.69, 9.17) is 4.74 Å². The molecule has 1 fully saturated rings. The van der Waals surface area contributed by atoms with Gasteiger partial charge >= 0.3 is 0 Å². The average molecular weight is 328 g/mol. The number of anilines is 1. The molecule has 1 amide bonds. The lowest BCUT2D eigenvalue weighted by atomic mass is 10.0. The predicted molar refractivity (Wildman–Crippen MR) is 91.6 cm³/mol. The molecule has 1 aliphatic rings. The second-order valence-electron chi connectivity index (χ2n) is 5.96. The lowest BCUT2D eigenvalue weighted by molar-refractivity contribution is -0.117. The molecule has 0 saturated carbocycles. The van der Waals surface area contributed by atoms with Crippen LogP contribution >= 0.6 is 0 Å². The van der Waals surface area contributed by atoms with Crippen LogP contribution < -0.4 is 10.1 Å². The normalized spacial score (nSPS) is 17.7. The highest BCUT2D eigenvalue weighted by Gasteiger charge is 2.27. The summed E-state index contributed by atoms with van der Waals surface area (Å²) in [4.78, 5) is 14.4. The Morgan fingerprint density at radius 1 is 1.29 bits per heavy atom. The summed E-state index contributed by atoms with van der Waals surface area (Å²) < 4.78 is 18.4. The number of ether oxygens (including phenoxy) is 1.